The predicted octanol–water partition coefficient (Wildman–Crippen LogP) is 7.71. The largest absolute Gasteiger partial charge is 0.480 e. The van der Waals surface area contributed by atoms with Crippen LogP contribution in [0, 0.1) is 23.2 Å². The highest BCUT2D eigenvalue weighted by molar-refractivity contribution is 5.97. The number of Topliss-reactive ketones (excluding diaryl/α,β-unsaturated/α-hetero) is 1. The average Bonchev–Trinajstić information content (AvgIpc) is 3.84. The molecular formula is C43H61N3O5. The second kappa shape index (κ2) is 14.2. The van der Waals surface area contributed by atoms with Crippen LogP contribution in [0.25, 0.3) is 0 Å². The third-order valence-electron chi connectivity index (χ3n) is 13.5. The van der Waals surface area contributed by atoms with E-state index in [1.165, 1.54) is 17.5 Å². The Kier molecular flexibility index (Phi) is 10.2. The fourth-order valence-electron chi connectivity index (χ4n) is 10.5. The Hall–Kier alpha value is -2.81. The van der Waals surface area contributed by atoms with Crippen LogP contribution in [-0.2, 0) is 43.7 Å². The molecule has 0 amide bonds. The van der Waals surface area contributed by atoms with Crippen LogP contribution in [0.3, 0.4) is 0 Å². The second-order valence-corrected chi connectivity index (χ2v) is 18.0. The van der Waals surface area contributed by atoms with Crippen LogP contribution in [0.2, 0.25) is 0 Å². The quantitative estimate of drug-likeness (QED) is 0.230. The molecule has 8 nitrogen and oxygen atoms in total. The van der Waals surface area contributed by atoms with Crippen molar-refractivity contribution in [2.75, 3.05) is 32.1 Å². The Balaban J connectivity index is 1.04. The lowest BCUT2D eigenvalue weighted by Gasteiger charge is -2.40. The molecule has 1 spiro atoms. The maximum absolute atomic E-state index is 14.5. The summed E-state index contributed by atoms with van der Waals surface area (Å²) in [4.78, 5) is 34.7. The van der Waals surface area contributed by atoms with Crippen LogP contribution in [-0.4, -0.2) is 71.3 Å². The molecule has 3 fully saturated rings. The monoisotopic (exact) mass is 699 g/mol. The molecular weight excluding hydrogens is 638 g/mol. The van der Waals surface area contributed by atoms with Gasteiger partial charge in [0, 0.05) is 37.4 Å². The van der Waals surface area contributed by atoms with E-state index in [1.807, 2.05) is 19.2 Å². The van der Waals surface area contributed by atoms with Gasteiger partial charge in [-0.2, -0.15) is 0 Å². The van der Waals surface area contributed by atoms with Gasteiger partial charge in [0.1, 0.15) is 17.6 Å². The molecule has 3 heterocycles. The maximum atomic E-state index is 14.5. The molecule has 51 heavy (non-hydrogen) atoms. The van der Waals surface area contributed by atoms with Crippen molar-refractivity contribution < 1.29 is 24.2 Å². The summed E-state index contributed by atoms with van der Waals surface area (Å²) in [6.45, 7) is 13.4. The third kappa shape index (κ3) is 7.26. The first kappa shape index (κ1) is 36.5. The molecule has 2 N–H and O–H groups in total. The van der Waals surface area contributed by atoms with Crippen molar-refractivity contribution >= 4 is 17.6 Å². The first-order valence-electron chi connectivity index (χ1n) is 19.9. The molecule has 8 heteroatoms. The van der Waals surface area contributed by atoms with E-state index in [4.69, 9.17) is 14.5 Å². The number of likely N-dealkylation sites (N-methyl/N-ethyl adjacent to an activating group) is 1. The van der Waals surface area contributed by atoms with Crippen molar-refractivity contribution in [1.82, 2.24) is 9.88 Å². The normalized spacial score (nSPS) is 29.5. The summed E-state index contributed by atoms with van der Waals surface area (Å²) in [5, 5.41) is 14.4. The van der Waals surface area contributed by atoms with E-state index >= 15 is 0 Å². The number of nitrogens with zero attached hydrogens (tertiary/aromatic N) is 2. The molecule has 6 atom stereocenters. The predicted molar refractivity (Wildman–Crippen MR) is 200 cm³/mol. The summed E-state index contributed by atoms with van der Waals surface area (Å²) in [5.41, 5.74) is 4.68. The number of carbonyl (C=O) groups excluding carboxylic acids is 1. The van der Waals surface area contributed by atoms with Crippen molar-refractivity contribution in [2.24, 2.45) is 23.2 Å². The number of hydrogen-bond acceptors (Lipinski definition) is 7. The Bertz CT molecular complexity index is 1610. The highest BCUT2D eigenvalue weighted by atomic mass is 16.5. The molecule has 7 rings (SSSR count). The van der Waals surface area contributed by atoms with E-state index in [9.17, 15) is 14.7 Å². The first-order chi connectivity index (χ1) is 24.3. The lowest BCUT2D eigenvalue weighted by molar-refractivity contribution is -0.144. The highest BCUT2D eigenvalue weighted by Gasteiger charge is 2.58. The van der Waals surface area contributed by atoms with Gasteiger partial charge in [-0.25, -0.2) is 4.98 Å². The molecule has 0 radical (unpaired) electrons. The zero-order chi connectivity index (χ0) is 36.1. The number of benzene rings is 1. The maximum Gasteiger partial charge on any atom is 0.325 e. The number of aromatic nitrogens is 1. The summed E-state index contributed by atoms with van der Waals surface area (Å²) in [6.07, 6.45) is 11.3. The average molecular weight is 700 g/mol. The summed E-state index contributed by atoms with van der Waals surface area (Å²) < 4.78 is 12.6. The van der Waals surface area contributed by atoms with Gasteiger partial charge in [-0.05, 0) is 144 Å². The van der Waals surface area contributed by atoms with Gasteiger partial charge in [-0.3, -0.25) is 14.5 Å². The zero-order valence-electron chi connectivity index (χ0n) is 31.9. The fraction of sp³-hybridized carbons (Fsp3) is 0.698. The first-order valence-corrected chi connectivity index (χ1v) is 19.9. The van der Waals surface area contributed by atoms with Crippen LogP contribution in [0.1, 0.15) is 126 Å². The van der Waals surface area contributed by atoms with Gasteiger partial charge >= 0.3 is 5.97 Å². The molecule has 3 aliphatic carbocycles. The molecule has 1 saturated heterocycles. The van der Waals surface area contributed by atoms with E-state index < -0.39 is 17.4 Å². The highest BCUT2D eigenvalue weighted by Crippen LogP contribution is 2.58. The lowest BCUT2D eigenvalue weighted by Crippen LogP contribution is -2.41. The molecule has 2 aromatic rings. The number of carboxylic acid groups (broad SMARTS) is 1. The number of aliphatic carboxylic acids is 1. The van der Waals surface area contributed by atoms with Crippen LogP contribution >= 0.6 is 0 Å². The number of pyridine rings is 1. The van der Waals surface area contributed by atoms with Crippen LogP contribution in [0.15, 0.2) is 30.3 Å². The van der Waals surface area contributed by atoms with Gasteiger partial charge in [0.25, 0.3) is 0 Å². The molecule has 1 aromatic carbocycles. The Morgan fingerprint density at radius 2 is 1.92 bits per heavy atom. The SMILES string of the molecule is CC1C(=O)C2(CC2)c2c(cccc2[C@@H](C(=O)O)N(C)[C@H]2C[C@H](OCCCCc3ccc4c(n3)NCCC4)C(C)(C)C2)CC1[C@@H]1CCOC(C)(C)C1. The standard InChI is InChI=1S/C43H61N3O5/c1-27-34(30-17-22-51-42(4,5)25-30)23-29-11-9-14-33(36(29)43(18-19-43)38(27)47)37(40(48)49)46(6)32-24-35(41(2,3)26-32)50-21-8-7-13-31-16-15-28-12-10-20-44-39(28)45-31/h9,11,14-16,27,30,32,34-35,37H,7-8,10,12-13,17-26H2,1-6H3,(H,44,45)(H,48,49)/t27?,30-,32+,34?,35+,37+/m1/s1. The Morgan fingerprint density at radius 1 is 1.12 bits per heavy atom. The van der Waals surface area contributed by atoms with Gasteiger partial charge in [0.15, 0.2) is 0 Å². The van der Waals surface area contributed by atoms with Crippen molar-refractivity contribution in [2.45, 2.75) is 141 Å². The van der Waals surface area contributed by atoms with Crippen molar-refractivity contribution in [3.8, 4) is 0 Å². The molecule has 278 valence electrons. The minimum absolute atomic E-state index is 0.0556. The number of ether oxygens (including phenoxy) is 2. The minimum Gasteiger partial charge on any atom is -0.480 e. The van der Waals surface area contributed by atoms with Crippen LogP contribution < -0.4 is 5.32 Å². The molecule has 1 aromatic heterocycles. The van der Waals surface area contributed by atoms with E-state index in [0.717, 1.165) is 106 Å². The topological polar surface area (TPSA) is 101 Å². The van der Waals surface area contributed by atoms with E-state index in [-0.39, 0.29) is 35.0 Å². The Labute approximate surface area is 305 Å². The number of ketones is 1. The molecule has 2 unspecified atom stereocenters. The number of hydrogen-bond donors (Lipinski definition) is 2. The summed E-state index contributed by atoms with van der Waals surface area (Å²) >= 11 is 0. The molecule has 2 aliphatic heterocycles. The molecule has 0 bridgehead atoms. The van der Waals surface area contributed by atoms with Crippen LogP contribution in [0.4, 0.5) is 5.82 Å². The lowest BCUT2D eigenvalue weighted by atomic mass is 9.71. The number of carboxylic acids is 1. The van der Waals surface area contributed by atoms with Crippen molar-refractivity contribution in [3.05, 3.63) is 58.3 Å². The summed E-state index contributed by atoms with van der Waals surface area (Å²) in [7, 11) is 1.98. The fourth-order valence-corrected chi connectivity index (χ4v) is 10.5. The number of nitrogens with one attached hydrogen (secondary N) is 1. The number of fused-ring (bicyclic) bond motifs is 3. The molecule has 5 aliphatic rings. The van der Waals surface area contributed by atoms with Gasteiger partial charge in [0.2, 0.25) is 0 Å². The number of carbonyl (C=O) groups is 2. The van der Waals surface area contributed by atoms with E-state index in [2.05, 4.69) is 63.0 Å². The second-order valence-electron chi connectivity index (χ2n) is 18.0. The van der Waals surface area contributed by atoms with Crippen LogP contribution in [0.5, 0.6) is 0 Å². The zero-order valence-corrected chi connectivity index (χ0v) is 31.9. The van der Waals surface area contributed by atoms with Gasteiger partial charge in [-0.15, -0.1) is 0 Å². The smallest absolute Gasteiger partial charge is 0.325 e. The van der Waals surface area contributed by atoms with Gasteiger partial charge < -0.3 is 19.9 Å². The summed E-state index contributed by atoms with van der Waals surface area (Å²) in [6, 6.07) is 9.86. The van der Waals surface area contributed by atoms with Crippen molar-refractivity contribution in [1.29, 1.82) is 0 Å². The number of rotatable bonds is 11. The molecule has 2 saturated carbocycles. The van der Waals surface area contributed by atoms with E-state index in [1.54, 1.807) is 0 Å². The number of anilines is 1. The summed E-state index contributed by atoms with van der Waals surface area (Å²) in [5.74, 6) is 1.11. The van der Waals surface area contributed by atoms with E-state index in [0.29, 0.717) is 18.3 Å². The van der Waals surface area contributed by atoms with Gasteiger partial charge in [0.05, 0.1) is 17.1 Å². The Morgan fingerprint density at radius 3 is 2.67 bits per heavy atom. The van der Waals surface area contributed by atoms with Crippen molar-refractivity contribution in [3.63, 3.8) is 0 Å². The number of aryl methyl sites for hydroxylation is 2. The third-order valence-corrected chi connectivity index (χ3v) is 13.5. The van der Waals surface area contributed by atoms with Gasteiger partial charge in [-0.1, -0.05) is 45.0 Å². The number of unbranched alkanes of at least 4 members (excludes halogenated alkanes) is 1. The minimum atomic E-state index is -0.845.